The number of benzene rings is 1. The van der Waals surface area contributed by atoms with Gasteiger partial charge in [0, 0.05) is 6.42 Å². The van der Waals surface area contributed by atoms with E-state index in [-0.39, 0.29) is 12.4 Å². The lowest BCUT2D eigenvalue weighted by atomic mass is 10.0. The van der Waals surface area contributed by atoms with Gasteiger partial charge in [0.25, 0.3) is 5.91 Å². The van der Waals surface area contributed by atoms with Gasteiger partial charge in [-0.2, -0.15) is 0 Å². The van der Waals surface area contributed by atoms with E-state index in [1.165, 1.54) is 24.3 Å². The molecule has 0 radical (unpaired) electrons. The molecule has 1 heterocycles. The van der Waals surface area contributed by atoms with E-state index in [0.717, 1.165) is 12.0 Å². The first-order valence-electron chi connectivity index (χ1n) is 6.00. The van der Waals surface area contributed by atoms with Crippen molar-refractivity contribution in [3.8, 4) is 0 Å². The van der Waals surface area contributed by atoms with Crippen molar-refractivity contribution in [1.82, 2.24) is 5.06 Å². The fourth-order valence-electron chi connectivity index (χ4n) is 1.98. The summed E-state index contributed by atoms with van der Waals surface area (Å²) in [6, 6.07) is 5.17. The number of hydroxylamine groups is 2. The quantitative estimate of drug-likeness (QED) is 0.847. The molecule has 1 fully saturated rings. The normalized spacial score (nSPS) is 20.9. The van der Waals surface area contributed by atoms with E-state index in [9.17, 15) is 18.0 Å². The molecule has 0 unspecified atom stereocenters. The predicted molar refractivity (Wildman–Crippen MR) is 61.7 cm³/mol. The van der Waals surface area contributed by atoms with Crippen LogP contribution in [0.25, 0.3) is 0 Å². The average Bonchev–Trinajstić information content (AvgIpc) is 2.87. The zero-order valence-corrected chi connectivity index (χ0v) is 10.4. The molecular formula is C13H14F3NO2. The first kappa shape index (κ1) is 13.9. The second-order valence-electron chi connectivity index (χ2n) is 4.48. The summed E-state index contributed by atoms with van der Waals surface area (Å²) in [5.41, 5.74) is 0.675. The van der Waals surface area contributed by atoms with Gasteiger partial charge in [-0.1, -0.05) is 12.1 Å². The van der Waals surface area contributed by atoms with Crippen LogP contribution in [0.4, 0.5) is 13.2 Å². The largest absolute Gasteiger partial charge is 0.272 e. The highest BCUT2D eigenvalue weighted by molar-refractivity contribution is 5.78. The molecule has 2 rings (SSSR count). The maximum Gasteiger partial charge on any atom is 0.255 e. The Morgan fingerprint density at radius 2 is 2.00 bits per heavy atom. The Morgan fingerprint density at radius 3 is 2.58 bits per heavy atom. The Hall–Kier alpha value is -1.56. The van der Waals surface area contributed by atoms with Crippen LogP contribution >= 0.6 is 0 Å². The maximum atomic E-state index is 12.9. The molecule has 0 aromatic heterocycles. The topological polar surface area (TPSA) is 29.5 Å². The van der Waals surface area contributed by atoms with Crippen LogP contribution < -0.4 is 0 Å². The van der Waals surface area contributed by atoms with Crippen molar-refractivity contribution in [1.29, 1.82) is 0 Å². The van der Waals surface area contributed by atoms with Crippen molar-refractivity contribution in [2.45, 2.75) is 25.8 Å². The Bertz CT molecular complexity index is 450. The Morgan fingerprint density at radius 1 is 1.37 bits per heavy atom. The summed E-state index contributed by atoms with van der Waals surface area (Å²) in [6.45, 7) is 1.44. The summed E-state index contributed by atoms with van der Waals surface area (Å²) in [5, 5.41) is 0.990. The van der Waals surface area contributed by atoms with Gasteiger partial charge in [-0.15, -0.1) is 0 Å². The smallest absolute Gasteiger partial charge is 0.255 e. The van der Waals surface area contributed by atoms with E-state index in [1.54, 1.807) is 0 Å². The third kappa shape index (κ3) is 2.89. The monoisotopic (exact) mass is 273 g/mol. The lowest BCUT2D eigenvalue weighted by Crippen LogP contribution is -2.36. The van der Waals surface area contributed by atoms with Gasteiger partial charge in [-0.25, -0.2) is 18.2 Å². The minimum Gasteiger partial charge on any atom is -0.272 e. The molecule has 19 heavy (non-hydrogen) atoms. The lowest BCUT2D eigenvalue weighted by molar-refractivity contribution is -0.185. The zero-order valence-electron chi connectivity index (χ0n) is 10.4. The van der Waals surface area contributed by atoms with Gasteiger partial charge in [0.1, 0.15) is 5.82 Å². The highest BCUT2D eigenvalue weighted by Crippen LogP contribution is 2.32. The number of hydrogen-bond donors (Lipinski definition) is 0. The van der Waals surface area contributed by atoms with E-state index in [2.05, 4.69) is 0 Å². The lowest BCUT2D eigenvalue weighted by Gasteiger charge is -2.25. The van der Waals surface area contributed by atoms with Crippen LogP contribution in [0, 0.1) is 11.7 Å². The highest BCUT2D eigenvalue weighted by Gasteiger charge is 2.37. The molecule has 6 heteroatoms. The number of carbonyl (C=O) groups excluding carboxylic acids is 1. The number of rotatable bonds is 3. The Kier molecular flexibility index (Phi) is 4.09. The maximum absolute atomic E-state index is 12.9. The summed E-state index contributed by atoms with van der Waals surface area (Å²) in [5.74, 6) is -2.55. The van der Waals surface area contributed by atoms with E-state index in [1.807, 2.05) is 0 Å². The molecule has 3 nitrogen and oxygen atoms in total. The van der Waals surface area contributed by atoms with Gasteiger partial charge >= 0.3 is 0 Å². The predicted octanol–water partition coefficient (Wildman–Crippen LogP) is 2.93. The number of carbonyl (C=O) groups is 1. The molecule has 1 aliphatic heterocycles. The zero-order chi connectivity index (χ0) is 14.0. The van der Waals surface area contributed by atoms with Gasteiger partial charge in [0.2, 0.25) is 6.43 Å². The standard InChI is InChI=1S/C13H14F3NO2/c1-8(12(15)16)13(18)17-11(6-7-19-17)9-2-4-10(14)5-3-9/h2-5,8,11-12H,6-7H2,1H3/t8-,11+/m1/s1. The van der Waals surface area contributed by atoms with E-state index >= 15 is 0 Å². The van der Waals surface area contributed by atoms with Crippen LogP contribution in [0.3, 0.4) is 0 Å². The summed E-state index contributed by atoms with van der Waals surface area (Å²) < 4.78 is 38.0. The van der Waals surface area contributed by atoms with E-state index in [4.69, 9.17) is 4.84 Å². The summed E-state index contributed by atoms with van der Waals surface area (Å²) in [6.07, 6.45) is -2.22. The molecule has 1 aliphatic rings. The van der Waals surface area contributed by atoms with Crippen LogP contribution in [-0.2, 0) is 9.63 Å². The van der Waals surface area contributed by atoms with Crippen LogP contribution in [0.5, 0.6) is 0 Å². The number of nitrogens with zero attached hydrogens (tertiary/aromatic N) is 1. The number of alkyl halides is 2. The van der Waals surface area contributed by atoms with E-state index < -0.39 is 24.3 Å². The fourth-order valence-corrected chi connectivity index (χ4v) is 1.98. The second kappa shape index (κ2) is 5.61. The molecule has 104 valence electrons. The summed E-state index contributed by atoms with van der Waals surface area (Å²) in [7, 11) is 0. The molecule has 0 spiro atoms. The third-order valence-corrected chi connectivity index (χ3v) is 3.14. The molecule has 0 bridgehead atoms. The molecular weight excluding hydrogens is 259 g/mol. The van der Waals surface area contributed by atoms with Gasteiger partial charge in [-0.3, -0.25) is 9.63 Å². The highest BCUT2D eigenvalue weighted by atomic mass is 19.3. The van der Waals surface area contributed by atoms with Gasteiger partial charge < -0.3 is 0 Å². The van der Waals surface area contributed by atoms with Gasteiger partial charge in [-0.05, 0) is 24.6 Å². The second-order valence-corrected chi connectivity index (χ2v) is 4.48. The molecule has 1 amide bonds. The Labute approximate surface area is 108 Å². The van der Waals surface area contributed by atoms with Crippen molar-refractivity contribution >= 4 is 5.91 Å². The van der Waals surface area contributed by atoms with Crippen LogP contribution in [0.15, 0.2) is 24.3 Å². The fraction of sp³-hybridized carbons (Fsp3) is 0.462. The molecule has 0 aliphatic carbocycles. The van der Waals surface area contributed by atoms with Crippen molar-refractivity contribution in [2.75, 3.05) is 6.61 Å². The van der Waals surface area contributed by atoms with Crippen molar-refractivity contribution in [2.24, 2.45) is 5.92 Å². The van der Waals surface area contributed by atoms with E-state index in [0.29, 0.717) is 12.0 Å². The SMILES string of the molecule is C[C@@H](C(=O)N1OCC[C@H]1c1ccc(F)cc1)C(F)F. The third-order valence-electron chi connectivity index (χ3n) is 3.14. The minimum absolute atomic E-state index is 0.281. The van der Waals surface area contributed by atoms with Gasteiger partial charge in [0.05, 0.1) is 18.6 Å². The first-order valence-corrected chi connectivity index (χ1v) is 6.00. The molecule has 1 aromatic rings. The molecule has 2 atom stereocenters. The number of amides is 1. The van der Waals surface area contributed by atoms with Crippen molar-refractivity contribution in [3.05, 3.63) is 35.6 Å². The molecule has 1 saturated heterocycles. The van der Waals surface area contributed by atoms with Crippen molar-refractivity contribution in [3.63, 3.8) is 0 Å². The van der Waals surface area contributed by atoms with Gasteiger partial charge in [0.15, 0.2) is 0 Å². The van der Waals surface area contributed by atoms with Crippen LogP contribution in [-0.4, -0.2) is 24.0 Å². The Balaban J connectivity index is 2.17. The van der Waals surface area contributed by atoms with Crippen LogP contribution in [0.1, 0.15) is 24.9 Å². The molecule has 0 saturated carbocycles. The first-order chi connectivity index (χ1) is 9.00. The molecule has 1 aromatic carbocycles. The minimum atomic E-state index is -2.73. The van der Waals surface area contributed by atoms with Crippen molar-refractivity contribution < 1.29 is 22.8 Å². The average molecular weight is 273 g/mol. The van der Waals surface area contributed by atoms with Crippen LogP contribution in [0.2, 0.25) is 0 Å². The summed E-state index contributed by atoms with van der Waals surface area (Å²) >= 11 is 0. The number of hydrogen-bond acceptors (Lipinski definition) is 2. The summed E-state index contributed by atoms with van der Waals surface area (Å²) in [4.78, 5) is 17.0. The molecule has 0 N–H and O–H groups in total. The number of halogens is 3.